The number of carboxylic acids is 1. The van der Waals surface area contributed by atoms with Gasteiger partial charge in [0.05, 0.1) is 23.8 Å². The molecule has 1 fully saturated rings. The van der Waals surface area contributed by atoms with E-state index < -0.39 is 21.9 Å². The van der Waals surface area contributed by atoms with E-state index in [0.717, 1.165) is 0 Å². The number of carboxylic acid groups (broad SMARTS) is 1. The number of sulfone groups is 1. The molecule has 7 nitrogen and oxygen atoms in total. The minimum absolute atomic E-state index is 0.0238. The summed E-state index contributed by atoms with van der Waals surface area (Å²) in [6.07, 6.45) is -0.509. The third-order valence-electron chi connectivity index (χ3n) is 3.56. The molecule has 1 saturated heterocycles. The number of morpholine rings is 1. The van der Waals surface area contributed by atoms with Crippen LogP contribution >= 0.6 is 0 Å². The smallest absolute Gasteiger partial charge is 0.334 e. The van der Waals surface area contributed by atoms with E-state index in [1.807, 2.05) is 0 Å². The van der Waals surface area contributed by atoms with Crippen molar-refractivity contribution in [3.8, 4) is 0 Å². The highest BCUT2D eigenvalue weighted by molar-refractivity contribution is 7.91. The third kappa shape index (κ3) is 4.08. The van der Waals surface area contributed by atoms with Crippen LogP contribution in [0.25, 0.3) is 0 Å². The Labute approximate surface area is 134 Å². The van der Waals surface area contributed by atoms with Crippen LogP contribution in [0.1, 0.15) is 23.7 Å². The molecular weight excluding hydrogens is 322 g/mol. The zero-order valence-corrected chi connectivity index (χ0v) is 13.6. The third-order valence-corrected chi connectivity index (χ3v) is 5.50. The van der Waals surface area contributed by atoms with E-state index in [-0.39, 0.29) is 29.7 Å². The fraction of sp³-hybridized carbons (Fsp3) is 0.467. The van der Waals surface area contributed by atoms with Gasteiger partial charge in [0, 0.05) is 12.1 Å². The van der Waals surface area contributed by atoms with Gasteiger partial charge in [0.1, 0.15) is 0 Å². The average molecular weight is 341 g/mol. The summed E-state index contributed by atoms with van der Waals surface area (Å²) in [7, 11) is -3.32. The highest BCUT2D eigenvalue weighted by Crippen LogP contribution is 2.16. The molecule has 0 radical (unpaired) electrons. The van der Waals surface area contributed by atoms with Crippen LogP contribution in [0.15, 0.2) is 29.2 Å². The Morgan fingerprint density at radius 1 is 1.30 bits per heavy atom. The number of aliphatic carboxylic acids is 1. The number of hydrogen-bond acceptors (Lipinski definition) is 5. The molecule has 0 saturated carbocycles. The van der Waals surface area contributed by atoms with Gasteiger partial charge in [-0.15, -0.1) is 0 Å². The van der Waals surface area contributed by atoms with Gasteiger partial charge in [-0.3, -0.25) is 4.79 Å². The number of hydrogen-bond donors (Lipinski definition) is 1. The zero-order valence-electron chi connectivity index (χ0n) is 12.8. The van der Waals surface area contributed by atoms with Crippen molar-refractivity contribution in [3.63, 3.8) is 0 Å². The fourth-order valence-corrected chi connectivity index (χ4v) is 3.68. The lowest BCUT2D eigenvalue weighted by Gasteiger charge is -2.30. The second-order valence-corrected chi connectivity index (χ2v) is 7.40. The number of carbonyl (C=O) groups excluding carboxylic acids is 1. The Kier molecular flexibility index (Phi) is 5.38. The molecule has 1 N–H and O–H groups in total. The maximum absolute atomic E-state index is 12.4. The monoisotopic (exact) mass is 341 g/mol. The molecular formula is C15H19NO6S. The molecule has 0 spiro atoms. The van der Waals surface area contributed by atoms with Gasteiger partial charge in [-0.25, -0.2) is 13.2 Å². The van der Waals surface area contributed by atoms with E-state index >= 15 is 0 Å². The predicted octanol–water partition coefficient (Wildman–Crippen LogP) is 0.796. The maximum atomic E-state index is 12.4. The standard InChI is InChI=1S/C15H19NO6S/c1-2-9-23(20,21)12-5-3-11(4-6-12)14(17)16-7-8-22-13(10-16)15(18)19/h3-6,13H,2,7-10H2,1H3,(H,18,19)/t13-/m1/s1. The largest absolute Gasteiger partial charge is 0.479 e. The van der Waals surface area contributed by atoms with Crippen molar-refractivity contribution in [2.24, 2.45) is 0 Å². The van der Waals surface area contributed by atoms with Crippen LogP contribution < -0.4 is 0 Å². The van der Waals surface area contributed by atoms with Crippen LogP contribution in [0.4, 0.5) is 0 Å². The Bertz CT molecular complexity index is 682. The minimum Gasteiger partial charge on any atom is -0.479 e. The highest BCUT2D eigenvalue weighted by Gasteiger charge is 2.29. The first kappa shape index (κ1) is 17.4. The Hall–Kier alpha value is -1.93. The number of carbonyl (C=O) groups is 2. The number of benzene rings is 1. The van der Waals surface area contributed by atoms with Gasteiger partial charge in [0.15, 0.2) is 15.9 Å². The highest BCUT2D eigenvalue weighted by atomic mass is 32.2. The first-order valence-electron chi connectivity index (χ1n) is 7.31. The lowest BCUT2D eigenvalue weighted by atomic mass is 10.1. The van der Waals surface area contributed by atoms with Crippen molar-refractivity contribution in [2.75, 3.05) is 25.4 Å². The van der Waals surface area contributed by atoms with Crippen molar-refractivity contribution < 1.29 is 27.9 Å². The molecule has 1 aliphatic rings. The number of rotatable bonds is 5. The lowest BCUT2D eigenvalue weighted by molar-refractivity contribution is -0.154. The van der Waals surface area contributed by atoms with E-state index in [2.05, 4.69) is 0 Å². The van der Waals surface area contributed by atoms with Crippen LogP contribution in [0.5, 0.6) is 0 Å². The topological polar surface area (TPSA) is 101 Å². The molecule has 23 heavy (non-hydrogen) atoms. The summed E-state index contributed by atoms with van der Waals surface area (Å²) in [5, 5.41) is 8.96. The average Bonchev–Trinajstić information content (AvgIpc) is 2.54. The zero-order chi connectivity index (χ0) is 17.0. The van der Waals surface area contributed by atoms with Gasteiger partial charge in [-0.2, -0.15) is 0 Å². The molecule has 126 valence electrons. The summed E-state index contributed by atoms with van der Waals surface area (Å²) in [6.45, 7) is 2.22. The van der Waals surface area contributed by atoms with E-state index in [1.165, 1.54) is 29.2 Å². The van der Waals surface area contributed by atoms with Crippen LogP contribution in [-0.4, -0.2) is 61.9 Å². The molecule has 0 bridgehead atoms. The second-order valence-electron chi connectivity index (χ2n) is 5.29. The molecule has 1 atom stereocenters. The summed E-state index contributed by atoms with van der Waals surface area (Å²) in [4.78, 5) is 24.9. The molecule has 0 aliphatic carbocycles. The predicted molar refractivity (Wildman–Crippen MR) is 82.1 cm³/mol. The Morgan fingerprint density at radius 3 is 2.52 bits per heavy atom. The Morgan fingerprint density at radius 2 is 1.96 bits per heavy atom. The van der Waals surface area contributed by atoms with E-state index in [1.54, 1.807) is 6.92 Å². The lowest BCUT2D eigenvalue weighted by Crippen LogP contribution is -2.48. The van der Waals surface area contributed by atoms with Crippen molar-refractivity contribution in [2.45, 2.75) is 24.3 Å². The molecule has 1 aliphatic heterocycles. The molecule has 1 aromatic rings. The molecule has 0 aromatic heterocycles. The number of amides is 1. The first-order valence-corrected chi connectivity index (χ1v) is 8.97. The summed E-state index contributed by atoms with van der Waals surface area (Å²) < 4.78 is 29.0. The number of nitrogens with zero attached hydrogens (tertiary/aromatic N) is 1. The summed E-state index contributed by atoms with van der Waals surface area (Å²) in [5.74, 6) is -1.38. The van der Waals surface area contributed by atoms with E-state index in [4.69, 9.17) is 9.84 Å². The van der Waals surface area contributed by atoms with Crippen LogP contribution in [-0.2, 0) is 19.4 Å². The van der Waals surface area contributed by atoms with Gasteiger partial charge < -0.3 is 14.7 Å². The number of ether oxygens (including phenoxy) is 1. The normalized spacial score (nSPS) is 18.7. The first-order chi connectivity index (χ1) is 10.8. The minimum atomic E-state index is -3.32. The van der Waals surface area contributed by atoms with Gasteiger partial charge >= 0.3 is 5.97 Å². The van der Waals surface area contributed by atoms with Crippen LogP contribution in [0.3, 0.4) is 0 Å². The molecule has 2 rings (SSSR count). The van der Waals surface area contributed by atoms with Gasteiger partial charge in [0.25, 0.3) is 5.91 Å². The molecule has 0 unspecified atom stereocenters. The SMILES string of the molecule is CCCS(=O)(=O)c1ccc(C(=O)N2CCO[C@@H](C(=O)O)C2)cc1. The van der Waals surface area contributed by atoms with Crippen LogP contribution in [0, 0.1) is 0 Å². The van der Waals surface area contributed by atoms with Crippen molar-refractivity contribution in [1.29, 1.82) is 0 Å². The Balaban J connectivity index is 2.13. The molecule has 8 heteroatoms. The summed E-state index contributed by atoms with van der Waals surface area (Å²) in [5.41, 5.74) is 0.325. The summed E-state index contributed by atoms with van der Waals surface area (Å²) in [6, 6.07) is 5.73. The van der Waals surface area contributed by atoms with E-state index in [9.17, 15) is 18.0 Å². The molecule has 1 aromatic carbocycles. The second kappa shape index (κ2) is 7.10. The molecule has 1 heterocycles. The van der Waals surface area contributed by atoms with E-state index in [0.29, 0.717) is 18.5 Å². The quantitative estimate of drug-likeness (QED) is 0.850. The maximum Gasteiger partial charge on any atom is 0.334 e. The fourth-order valence-electron chi connectivity index (χ4n) is 2.36. The van der Waals surface area contributed by atoms with Crippen molar-refractivity contribution >= 4 is 21.7 Å². The van der Waals surface area contributed by atoms with Crippen molar-refractivity contribution in [3.05, 3.63) is 29.8 Å². The van der Waals surface area contributed by atoms with Gasteiger partial charge in [0.2, 0.25) is 0 Å². The van der Waals surface area contributed by atoms with Gasteiger partial charge in [-0.1, -0.05) is 6.92 Å². The van der Waals surface area contributed by atoms with Gasteiger partial charge in [-0.05, 0) is 30.7 Å². The van der Waals surface area contributed by atoms with Crippen LogP contribution in [0.2, 0.25) is 0 Å². The summed E-state index contributed by atoms with van der Waals surface area (Å²) >= 11 is 0. The van der Waals surface area contributed by atoms with Crippen molar-refractivity contribution in [1.82, 2.24) is 4.90 Å². The molecule has 1 amide bonds.